The largest absolute Gasteiger partial charge is 0.385 e. The van der Waals surface area contributed by atoms with E-state index in [0.717, 1.165) is 29.3 Å². The molecule has 2 aromatic rings. The van der Waals surface area contributed by atoms with Crippen molar-refractivity contribution in [3.8, 4) is 0 Å². The van der Waals surface area contributed by atoms with Gasteiger partial charge in [0.25, 0.3) is 0 Å². The standard InChI is InChI=1S/C14H15NO/c1-14(16,11-7-8-11)12-6-2-4-10-5-3-9-15-13(10)12/h2-6,9,11,16H,7-8H2,1H3. The first kappa shape index (κ1) is 9.79. The van der Waals surface area contributed by atoms with E-state index in [9.17, 15) is 5.11 Å². The number of aliphatic hydroxyl groups is 1. The van der Waals surface area contributed by atoms with Crippen LogP contribution in [0.5, 0.6) is 0 Å². The molecule has 3 rings (SSSR count). The van der Waals surface area contributed by atoms with Gasteiger partial charge < -0.3 is 5.11 Å². The van der Waals surface area contributed by atoms with Gasteiger partial charge in [0, 0.05) is 17.1 Å². The summed E-state index contributed by atoms with van der Waals surface area (Å²) >= 11 is 0. The highest BCUT2D eigenvalue weighted by molar-refractivity contribution is 5.82. The number of hydrogen-bond donors (Lipinski definition) is 1. The molecule has 0 aliphatic heterocycles. The number of pyridine rings is 1. The fourth-order valence-corrected chi connectivity index (χ4v) is 2.38. The predicted molar refractivity (Wildman–Crippen MR) is 64.0 cm³/mol. The molecule has 1 saturated carbocycles. The van der Waals surface area contributed by atoms with Crippen LogP contribution in [-0.4, -0.2) is 10.1 Å². The summed E-state index contributed by atoms with van der Waals surface area (Å²) in [6.07, 6.45) is 4.03. The molecular weight excluding hydrogens is 198 g/mol. The van der Waals surface area contributed by atoms with Crippen molar-refractivity contribution in [3.63, 3.8) is 0 Å². The van der Waals surface area contributed by atoms with Crippen molar-refractivity contribution in [1.29, 1.82) is 0 Å². The Morgan fingerprint density at radius 2 is 2.00 bits per heavy atom. The van der Waals surface area contributed by atoms with Crippen molar-refractivity contribution in [2.75, 3.05) is 0 Å². The molecule has 0 amide bonds. The summed E-state index contributed by atoms with van der Waals surface area (Å²) in [4.78, 5) is 4.40. The van der Waals surface area contributed by atoms with Gasteiger partial charge in [-0.1, -0.05) is 24.3 Å². The molecule has 1 aliphatic rings. The van der Waals surface area contributed by atoms with Crippen LogP contribution in [0, 0.1) is 5.92 Å². The highest BCUT2D eigenvalue weighted by atomic mass is 16.3. The number of fused-ring (bicyclic) bond motifs is 1. The topological polar surface area (TPSA) is 33.1 Å². The van der Waals surface area contributed by atoms with E-state index in [0.29, 0.717) is 5.92 Å². The van der Waals surface area contributed by atoms with Gasteiger partial charge in [-0.3, -0.25) is 4.98 Å². The number of nitrogens with zero attached hydrogens (tertiary/aromatic N) is 1. The van der Waals surface area contributed by atoms with Crippen molar-refractivity contribution in [2.24, 2.45) is 5.92 Å². The molecule has 16 heavy (non-hydrogen) atoms. The molecule has 1 fully saturated rings. The SMILES string of the molecule is CC(O)(c1cccc2cccnc12)C1CC1. The van der Waals surface area contributed by atoms with E-state index in [1.807, 2.05) is 37.3 Å². The number of para-hydroxylation sites is 1. The number of rotatable bonds is 2. The Kier molecular flexibility index (Phi) is 2.01. The Hall–Kier alpha value is -1.41. The smallest absolute Gasteiger partial charge is 0.0917 e. The normalized spacial score (nSPS) is 19.6. The van der Waals surface area contributed by atoms with Crippen LogP contribution in [0.25, 0.3) is 10.9 Å². The van der Waals surface area contributed by atoms with E-state index in [-0.39, 0.29) is 0 Å². The molecule has 1 atom stereocenters. The minimum atomic E-state index is -0.728. The van der Waals surface area contributed by atoms with Crippen LogP contribution in [-0.2, 0) is 5.60 Å². The van der Waals surface area contributed by atoms with Gasteiger partial charge in [0.2, 0.25) is 0 Å². The van der Waals surface area contributed by atoms with Crippen molar-refractivity contribution in [3.05, 3.63) is 42.1 Å². The van der Waals surface area contributed by atoms with E-state index in [1.165, 1.54) is 0 Å². The predicted octanol–water partition coefficient (Wildman–Crippen LogP) is 2.85. The zero-order valence-electron chi connectivity index (χ0n) is 9.35. The van der Waals surface area contributed by atoms with E-state index >= 15 is 0 Å². The molecule has 0 radical (unpaired) electrons. The maximum atomic E-state index is 10.6. The second-order valence-corrected chi connectivity index (χ2v) is 4.80. The van der Waals surface area contributed by atoms with Gasteiger partial charge >= 0.3 is 0 Å². The Balaban J connectivity index is 2.23. The summed E-state index contributed by atoms with van der Waals surface area (Å²) in [6, 6.07) is 9.99. The molecule has 0 bridgehead atoms. The monoisotopic (exact) mass is 213 g/mol. The van der Waals surface area contributed by atoms with Crippen LogP contribution in [0.2, 0.25) is 0 Å². The molecule has 1 aliphatic carbocycles. The Morgan fingerprint density at radius 1 is 1.25 bits per heavy atom. The molecule has 1 heterocycles. The minimum Gasteiger partial charge on any atom is -0.385 e. The maximum Gasteiger partial charge on any atom is 0.0917 e. The average molecular weight is 213 g/mol. The lowest BCUT2D eigenvalue weighted by Crippen LogP contribution is -2.24. The van der Waals surface area contributed by atoms with Crippen LogP contribution >= 0.6 is 0 Å². The van der Waals surface area contributed by atoms with Gasteiger partial charge in [-0.05, 0) is 31.7 Å². The van der Waals surface area contributed by atoms with Gasteiger partial charge in [0.05, 0.1) is 11.1 Å². The van der Waals surface area contributed by atoms with Gasteiger partial charge in [-0.25, -0.2) is 0 Å². The first-order valence-corrected chi connectivity index (χ1v) is 5.76. The zero-order valence-corrected chi connectivity index (χ0v) is 9.35. The van der Waals surface area contributed by atoms with Crippen LogP contribution in [0.1, 0.15) is 25.3 Å². The van der Waals surface area contributed by atoms with Gasteiger partial charge in [0.1, 0.15) is 0 Å². The van der Waals surface area contributed by atoms with Crippen molar-refractivity contribution >= 4 is 10.9 Å². The van der Waals surface area contributed by atoms with Crippen LogP contribution in [0.3, 0.4) is 0 Å². The van der Waals surface area contributed by atoms with Gasteiger partial charge in [0.15, 0.2) is 0 Å². The first-order valence-electron chi connectivity index (χ1n) is 5.76. The Labute approximate surface area is 94.9 Å². The lowest BCUT2D eigenvalue weighted by Gasteiger charge is -2.24. The molecule has 82 valence electrons. The molecule has 0 spiro atoms. The maximum absolute atomic E-state index is 10.6. The summed E-state index contributed by atoms with van der Waals surface area (Å²) in [6.45, 7) is 1.91. The molecule has 1 N–H and O–H groups in total. The molecule has 1 unspecified atom stereocenters. The third kappa shape index (κ3) is 1.41. The fraction of sp³-hybridized carbons (Fsp3) is 0.357. The molecule has 1 aromatic heterocycles. The summed E-state index contributed by atoms with van der Waals surface area (Å²) < 4.78 is 0. The summed E-state index contributed by atoms with van der Waals surface area (Å²) in [5, 5.41) is 11.7. The van der Waals surface area contributed by atoms with Crippen LogP contribution in [0.4, 0.5) is 0 Å². The van der Waals surface area contributed by atoms with Crippen LogP contribution in [0.15, 0.2) is 36.5 Å². The van der Waals surface area contributed by atoms with Gasteiger partial charge in [-0.2, -0.15) is 0 Å². The Bertz CT molecular complexity index is 524. The third-order valence-corrected chi connectivity index (χ3v) is 3.55. The van der Waals surface area contributed by atoms with Crippen LogP contribution < -0.4 is 0 Å². The summed E-state index contributed by atoms with van der Waals surface area (Å²) in [5.41, 5.74) is 1.17. The first-order chi connectivity index (χ1) is 7.69. The highest BCUT2D eigenvalue weighted by Gasteiger charge is 2.42. The van der Waals surface area contributed by atoms with E-state index in [4.69, 9.17) is 0 Å². The fourth-order valence-electron chi connectivity index (χ4n) is 2.38. The number of hydrogen-bond acceptors (Lipinski definition) is 2. The number of aromatic nitrogens is 1. The number of benzene rings is 1. The molecule has 0 saturated heterocycles. The van der Waals surface area contributed by atoms with Crippen molar-refractivity contribution < 1.29 is 5.11 Å². The molecule has 2 nitrogen and oxygen atoms in total. The summed E-state index contributed by atoms with van der Waals surface area (Å²) in [5.74, 6) is 0.403. The lowest BCUT2D eigenvalue weighted by molar-refractivity contribution is 0.0344. The second-order valence-electron chi connectivity index (χ2n) is 4.80. The third-order valence-electron chi connectivity index (χ3n) is 3.55. The van der Waals surface area contributed by atoms with Crippen molar-refractivity contribution in [2.45, 2.75) is 25.4 Å². The average Bonchev–Trinajstić information content (AvgIpc) is 3.12. The van der Waals surface area contributed by atoms with Gasteiger partial charge in [-0.15, -0.1) is 0 Å². The van der Waals surface area contributed by atoms with E-state index in [2.05, 4.69) is 4.98 Å². The van der Waals surface area contributed by atoms with Crippen molar-refractivity contribution in [1.82, 2.24) is 4.98 Å². The minimum absolute atomic E-state index is 0.403. The second kappa shape index (κ2) is 3.29. The molecule has 1 aromatic carbocycles. The highest BCUT2D eigenvalue weighted by Crippen LogP contribution is 2.46. The zero-order chi connectivity index (χ0) is 11.2. The molecular formula is C14H15NO. The summed E-state index contributed by atoms with van der Waals surface area (Å²) in [7, 11) is 0. The van der Waals surface area contributed by atoms with E-state index in [1.54, 1.807) is 6.20 Å². The van der Waals surface area contributed by atoms with E-state index < -0.39 is 5.60 Å². The Morgan fingerprint density at radius 3 is 2.75 bits per heavy atom. The quantitative estimate of drug-likeness (QED) is 0.832. The lowest BCUT2D eigenvalue weighted by atomic mass is 9.89. The molecule has 2 heteroatoms.